The van der Waals surface area contributed by atoms with Crippen LogP contribution in [0.25, 0.3) is 0 Å². The van der Waals surface area contributed by atoms with E-state index in [9.17, 15) is 8.78 Å². The molecule has 0 saturated carbocycles. The van der Waals surface area contributed by atoms with Crippen LogP contribution in [0.1, 0.15) is 24.1 Å². The van der Waals surface area contributed by atoms with Crippen LogP contribution in [0.2, 0.25) is 0 Å². The van der Waals surface area contributed by atoms with Gasteiger partial charge in [-0.1, -0.05) is 6.07 Å². The first kappa shape index (κ1) is 14.4. The average molecular weight is 279 g/mol. The maximum Gasteiger partial charge on any atom is 0.137 e. The monoisotopic (exact) mass is 279 g/mol. The highest BCUT2D eigenvalue weighted by atomic mass is 19.1. The van der Waals surface area contributed by atoms with Gasteiger partial charge in [0.1, 0.15) is 17.4 Å². The van der Waals surface area contributed by atoms with Crippen molar-refractivity contribution in [3.63, 3.8) is 0 Å². The van der Waals surface area contributed by atoms with Crippen LogP contribution in [-0.4, -0.2) is 11.6 Å². The minimum Gasteiger partial charge on any atom is -0.492 e. The van der Waals surface area contributed by atoms with Gasteiger partial charge in [-0.25, -0.2) is 14.2 Å². The molecule has 0 aliphatic carbocycles. The molecule has 0 amide bonds. The van der Waals surface area contributed by atoms with Gasteiger partial charge in [-0.15, -0.1) is 0 Å². The Bertz CT molecular complexity index is 592. The van der Waals surface area contributed by atoms with Gasteiger partial charge in [0.15, 0.2) is 0 Å². The van der Waals surface area contributed by atoms with Crippen molar-refractivity contribution >= 4 is 0 Å². The Labute approximate surface area is 115 Å². The summed E-state index contributed by atoms with van der Waals surface area (Å²) in [5, 5.41) is 0. The van der Waals surface area contributed by atoms with Crippen LogP contribution in [0.3, 0.4) is 0 Å². The van der Waals surface area contributed by atoms with Crippen LogP contribution in [0, 0.1) is 11.6 Å². The summed E-state index contributed by atoms with van der Waals surface area (Å²) in [6, 6.07) is 4.43. The van der Waals surface area contributed by atoms with E-state index in [1.165, 1.54) is 12.1 Å². The quantitative estimate of drug-likeness (QED) is 0.651. The lowest BCUT2D eigenvalue weighted by molar-refractivity contribution is 0.338. The Morgan fingerprint density at radius 1 is 1.30 bits per heavy atom. The highest BCUT2D eigenvalue weighted by Crippen LogP contribution is 2.26. The number of nitrogens with two attached hydrogens (primary N) is 1. The molecule has 0 aliphatic rings. The third-order valence-electron chi connectivity index (χ3n) is 2.82. The molecule has 0 radical (unpaired) electrons. The maximum absolute atomic E-state index is 13.8. The summed E-state index contributed by atoms with van der Waals surface area (Å²) in [5.41, 5.74) is 3.38. The smallest absolute Gasteiger partial charge is 0.137 e. The van der Waals surface area contributed by atoms with Crippen molar-refractivity contribution in [1.29, 1.82) is 0 Å². The lowest BCUT2D eigenvalue weighted by Gasteiger charge is -2.18. The molecule has 0 saturated heterocycles. The average Bonchev–Trinajstić information content (AvgIpc) is 2.43. The summed E-state index contributed by atoms with van der Waals surface area (Å²) in [5.74, 6) is 4.74. The summed E-state index contributed by atoms with van der Waals surface area (Å²) >= 11 is 0. The van der Waals surface area contributed by atoms with Gasteiger partial charge in [-0.05, 0) is 24.6 Å². The first-order chi connectivity index (χ1) is 9.65. The van der Waals surface area contributed by atoms with Crippen LogP contribution in [0.4, 0.5) is 8.78 Å². The number of hydrogen-bond donors (Lipinski definition) is 2. The topological polar surface area (TPSA) is 60.2 Å². The van der Waals surface area contributed by atoms with Gasteiger partial charge < -0.3 is 4.74 Å². The SMILES string of the molecule is CCOc1cncc(C(NN)c2ccc(F)cc2F)c1. The first-order valence-electron chi connectivity index (χ1n) is 6.14. The van der Waals surface area contributed by atoms with Gasteiger partial charge in [0, 0.05) is 17.8 Å². The highest BCUT2D eigenvalue weighted by Gasteiger charge is 2.18. The zero-order valence-electron chi connectivity index (χ0n) is 10.9. The van der Waals surface area contributed by atoms with Crippen LogP contribution >= 0.6 is 0 Å². The fourth-order valence-corrected chi connectivity index (χ4v) is 1.94. The number of ether oxygens (including phenoxy) is 1. The molecule has 20 heavy (non-hydrogen) atoms. The van der Waals surface area contributed by atoms with E-state index in [-0.39, 0.29) is 5.56 Å². The van der Waals surface area contributed by atoms with Gasteiger partial charge in [-0.2, -0.15) is 0 Å². The van der Waals surface area contributed by atoms with E-state index >= 15 is 0 Å². The van der Waals surface area contributed by atoms with Gasteiger partial charge >= 0.3 is 0 Å². The molecule has 2 aromatic rings. The Hall–Kier alpha value is -2.05. The number of nitrogens with zero attached hydrogens (tertiary/aromatic N) is 1. The van der Waals surface area contributed by atoms with E-state index in [1.807, 2.05) is 6.92 Å². The molecule has 1 unspecified atom stereocenters. The third kappa shape index (κ3) is 3.09. The Morgan fingerprint density at radius 2 is 2.10 bits per heavy atom. The summed E-state index contributed by atoms with van der Waals surface area (Å²) in [6.07, 6.45) is 3.11. The van der Waals surface area contributed by atoms with E-state index in [0.717, 1.165) is 6.07 Å². The maximum atomic E-state index is 13.8. The molecule has 0 spiro atoms. The molecule has 0 bridgehead atoms. The number of rotatable bonds is 5. The molecule has 2 rings (SSSR count). The largest absolute Gasteiger partial charge is 0.492 e. The molecule has 4 nitrogen and oxygen atoms in total. The van der Waals surface area contributed by atoms with Crippen molar-refractivity contribution in [2.45, 2.75) is 13.0 Å². The highest BCUT2D eigenvalue weighted by molar-refractivity contribution is 5.34. The van der Waals surface area contributed by atoms with E-state index in [1.54, 1.807) is 18.5 Å². The summed E-state index contributed by atoms with van der Waals surface area (Å²) in [4.78, 5) is 4.03. The van der Waals surface area contributed by atoms with E-state index in [4.69, 9.17) is 10.6 Å². The summed E-state index contributed by atoms with van der Waals surface area (Å²) < 4.78 is 32.1. The molecule has 6 heteroatoms. The normalized spacial score (nSPS) is 12.2. The minimum absolute atomic E-state index is 0.240. The van der Waals surface area contributed by atoms with Crippen LogP contribution in [0.15, 0.2) is 36.7 Å². The molecule has 0 aliphatic heterocycles. The van der Waals surface area contributed by atoms with Gasteiger partial charge in [0.2, 0.25) is 0 Å². The Kier molecular flexibility index (Phi) is 4.60. The molecule has 3 N–H and O–H groups in total. The van der Waals surface area contributed by atoms with Crippen molar-refractivity contribution in [2.75, 3.05) is 6.61 Å². The van der Waals surface area contributed by atoms with Crippen molar-refractivity contribution in [1.82, 2.24) is 10.4 Å². The number of halogens is 2. The second-order valence-corrected chi connectivity index (χ2v) is 4.15. The molecule has 1 aromatic heterocycles. The number of benzene rings is 1. The number of hydrazine groups is 1. The number of hydrogen-bond acceptors (Lipinski definition) is 4. The third-order valence-corrected chi connectivity index (χ3v) is 2.82. The second kappa shape index (κ2) is 6.40. The van der Waals surface area contributed by atoms with Crippen molar-refractivity contribution in [2.24, 2.45) is 5.84 Å². The molecule has 0 fully saturated rings. The van der Waals surface area contributed by atoms with Crippen LogP contribution in [-0.2, 0) is 0 Å². The predicted molar refractivity (Wildman–Crippen MR) is 70.9 cm³/mol. The molecule has 106 valence electrons. The van der Waals surface area contributed by atoms with Crippen molar-refractivity contribution in [3.8, 4) is 5.75 Å². The first-order valence-corrected chi connectivity index (χ1v) is 6.14. The van der Waals surface area contributed by atoms with Gasteiger partial charge in [0.25, 0.3) is 0 Å². The van der Waals surface area contributed by atoms with Gasteiger partial charge in [-0.3, -0.25) is 10.8 Å². The fourth-order valence-electron chi connectivity index (χ4n) is 1.94. The number of aromatic nitrogens is 1. The predicted octanol–water partition coefficient (Wildman–Crippen LogP) is 2.31. The van der Waals surface area contributed by atoms with E-state index in [2.05, 4.69) is 10.4 Å². The zero-order valence-corrected chi connectivity index (χ0v) is 10.9. The lowest BCUT2D eigenvalue weighted by Crippen LogP contribution is -2.29. The standard InChI is InChI=1S/C14H15F2N3O/c1-2-20-11-5-9(7-18-8-11)14(19-17)12-4-3-10(15)6-13(12)16/h3-8,14,19H,2,17H2,1H3. The fraction of sp³-hybridized carbons (Fsp3) is 0.214. The summed E-state index contributed by atoms with van der Waals surface area (Å²) in [6.45, 7) is 2.35. The van der Waals surface area contributed by atoms with Crippen molar-refractivity contribution < 1.29 is 13.5 Å². The number of pyridine rings is 1. The van der Waals surface area contributed by atoms with Crippen molar-refractivity contribution in [3.05, 3.63) is 59.4 Å². The Morgan fingerprint density at radius 3 is 2.75 bits per heavy atom. The van der Waals surface area contributed by atoms with Crippen LogP contribution in [0.5, 0.6) is 5.75 Å². The van der Waals surface area contributed by atoms with Gasteiger partial charge in [0.05, 0.1) is 18.8 Å². The molecule has 1 aromatic carbocycles. The molecule has 1 atom stereocenters. The lowest BCUT2D eigenvalue weighted by atomic mass is 10.00. The zero-order chi connectivity index (χ0) is 14.5. The molecular formula is C14H15F2N3O. The molecule has 1 heterocycles. The van der Waals surface area contributed by atoms with E-state index in [0.29, 0.717) is 17.9 Å². The summed E-state index contributed by atoms with van der Waals surface area (Å²) in [7, 11) is 0. The minimum atomic E-state index is -0.672. The number of nitrogens with one attached hydrogen (secondary N) is 1. The van der Waals surface area contributed by atoms with Crippen LogP contribution < -0.4 is 16.0 Å². The van der Waals surface area contributed by atoms with E-state index < -0.39 is 17.7 Å². The second-order valence-electron chi connectivity index (χ2n) is 4.15. The Balaban J connectivity index is 2.38. The molecular weight excluding hydrogens is 264 g/mol.